The number of carbonyl (C=O) groups is 2. The fourth-order valence-corrected chi connectivity index (χ4v) is 4.65. The number of esters is 1. The summed E-state index contributed by atoms with van der Waals surface area (Å²) in [5.41, 5.74) is 4.26. The van der Waals surface area contributed by atoms with Gasteiger partial charge in [-0.3, -0.25) is 4.79 Å². The van der Waals surface area contributed by atoms with Gasteiger partial charge in [-0.1, -0.05) is 67.9 Å². The number of ether oxygens (including phenoxy) is 2. The number of rotatable bonds is 8. The number of hydrazone groups is 1. The molecule has 0 aliphatic rings. The van der Waals surface area contributed by atoms with Crippen molar-refractivity contribution in [2.24, 2.45) is 5.10 Å². The Hall–Kier alpha value is -3.68. The van der Waals surface area contributed by atoms with Crippen LogP contribution in [0.2, 0.25) is 5.02 Å². The van der Waals surface area contributed by atoms with Gasteiger partial charge in [0.15, 0.2) is 6.61 Å². The second-order valence-electron chi connectivity index (χ2n) is 8.01. The zero-order valence-electron chi connectivity index (χ0n) is 19.2. The number of hydrogen-bond donors (Lipinski definition) is 1. The number of fused-ring (bicyclic) bond motifs is 1. The molecule has 0 saturated carbocycles. The van der Waals surface area contributed by atoms with E-state index in [-0.39, 0.29) is 6.61 Å². The summed E-state index contributed by atoms with van der Waals surface area (Å²) in [6.07, 6.45) is 1.46. The Morgan fingerprint density at radius 1 is 1.03 bits per heavy atom. The lowest BCUT2D eigenvalue weighted by atomic mass is 10.0. The van der Waals surface area contributed by atoms with Crippen LogP contribution in [0.1, 0.15) is 40.6 Å². The van der Waals surface area contributed by atoms with Crippen LogP contribution in [0.4, 0.5) is 0 Å². The molecule has 4 aromatic rings. The van der Waals surface area contributed by atoms with Crippen LogP contribution in [0.25, 0.3) is 10.1 Å². The number of halogens is 1. The lowest BCUT2D eigenvalue weighted by molar-refractivity contribution is -0.123. The molecule has 0 spiro atoms. The minimum Gasteiger partial charge on any atom is -0.484 e. The summed E-state index contributed by atoms with van der Waals surface area (Å²) in [4.78, 5) is 25.0. The molecule has 0 atom stereocenters. The predicted molar refractivity (Wildman–Crippen MR) is 140 cm³/mol. The van der Waals surface area contributed by atoms with Crippen LogP contribution in [0, 0.1) is 0 Å². The number of nitrogens with zero attached hydrogens (tertiary/aromatic N) is 1. The third kappa shape index (κ3) is 6.26. The number of hydrogen-bond acceptors (Lipinski definition) is 6. The quantitative estimate of drug-likeness (QED) is 0.129. The van der Waals surface area contributed by atoms with E-state index in [0.717, 1.165) is 10.1 Å². The number of benzene rings is 3. The Bertz CT molecular complexity index is 1380. The molecule has 8 heteroatoms. The van der Waals surface area contributed by atoms with Gasteiger partial charge in [0.2, 0.25) is 0 Å². The lowest BCUT2D eigenvalue weighted by Crippen LogP contribution is -2.24. The molecule has 0 fully saturated rings. The van der Waals surface area contributed by atoms with Gasteiger partial charge in [0, 0.05) is 10.1 Å². The Labute approximate surface area is 212 Å². The monoisotopic (exact) mass is 506 g/mol. The highest BCUT2D eigenvalue weighted by Gasteiger charge is 2.19. The van der Waals surface area contributed by atoms with Crippen molar-refractivity contribution in [3.05, 3.63) is 93.8 Å². The predicted octanol–water partition coefficient (Wildman–Crippen LogP) is 6.43. The minimum atomic E-state index is -0.530. The van der Waals surface area contributed by atoms with Gasteiger partial charge in [0.25, 0.3) is 5.91 Å². The molecule has 1 aromatic heterocycles. The average Bonchev–Trinajstić information content (AvgIpc) is 3.20. The largest absolute Gasteiger partial charge is 0.484 e. The topological polar surface area (TPSA) is 77.0 Å². The van der Waals surface area contributed by atoms with Gasteiger partial charge in [-0.05, 0) is 47.4 Å². The van der Waals surface area contributed by atoms with E-state index in [0.29, 0.717) is 32.9 Å². The van der Waals surface area contributed by atoms with E-state index in [1.807, 2.05) is 48.5 Å². The van der Waals surface area contributed by atoms with Crippen molar-refractivity contribution < 1.29 is 19.1 Å². The van der Waals surface area contributed by atoms with Gasteiger partial charge in [-0.15, -0.1) is 11.3 Å². The summed E-state index contributed by atoms with van der Waals surface area (Å²) in [5, 5.41) is 5.15. The van der Waals surface area contributed by atoms with E-state index < -0.39 is 11.9 Å². The van der Waals surface area contributed by atoms with Crippen molar-refractivity contribution in [3.8, 4) is 11.5 Å². The van der Waals surface area contributed by atoms with E-state index in [9.17, 15) is 9.59 Å². The normalized spacial score (nSPS) is 11.2. The Kier molecular flexibility index (Phi) is 7.80. The summed E-state index contributed by atoms with van der Waals surface area (Å²) < 4.78 is 11.9. The Morgan fingerprint density at radius 3 is 2.54 bits per heavy atom. The van der Waals surface area contributed by atoms with E-state index in [1.54, 1.807) is 24.3 Å². The number of amides is 1. The highest BCUT2D eigenvalue weighted by Crippen LogP contribution is 2.35. The molecule has 178 valence electrons. The molecule has 1 N–H and O–H groups in total. The van der Waals surface area contributed by atoms with Crippen LogP contribution in [0.3, 0.4) is 0 Å². The summed E-state index contributed by atoms with van der Waals surface area (Å²) in [6.45, 7) is 4.07. The van der Waals surface area contributed by atoms with E-state index >= 15 is 0 Å². The molecule has 3 aromatic carbocycles. The molecule has 0 saturated heterocycles. The van der Waals surface area contributed by atoms with Crippen LogP contribution >= 0.6 is 22.9 Å². The maximum Gasteiger partial charge on any atom is 0.355 e. The van der Waals surface area contributed by atoms with E-state index in [2.05, 4.69) is 24.4 Å². The van der Waals surface area contributed by atoms with Crippen molar-refractivity contribution in [2.45, 2.75) is 19.8 Å². The molecule has 35 heavy (non-hydrogen) atoms. The number of thiophene rings is 1. The van der Waals surface area contributed by atoms with Gasteiger partial charge < -0.3 is 9.47 Å². The third-order valence-electron chi connectivity index (χ3n) is 5.11. The molecule has 0 aliphatic carbocycles. The highest BCUT2D eigenvalue weighted by atomic mass is 35.5. The number of carbonyl (C=O) groups excluding carboxylic acids is 2. The third-order valence-corrected chi connectivity index (χ3v) is 6.76. The van der Waals surface area contributed by atoms with Gasteiger partial charge in [-0.2, -0.15) is 5.10 Å². The first-order valence-corrected chi connectivity index (χ1v) is 12.1. The van der Waals surface area contributed by atoms with E-state index in [1.165, 1.54) is 23.1 Å². The van der Waals surface area contributed by atoms with E-state index in [4.69, 9.17) is 21.1 Å². The fraction of sp³-hybridized carbons (Fsp3) is 0.148. The first-order valence-electron chi connectivity index (χ1n) is 10.9. The fourth-order valence-electron chi connectivity index (χ4n) is 3.27. The zero-order valence-corrected chi connectivity index (χ0v) is 20.7. The number of nitrogens with one attached hydrogen (secondary N) is 1. The Balaban J connectivity index is 1.31. The standard InChI is InChI=1S/C27H23ClN2O4S/c1-17(2)19-10-12-20(13-11-19)33-16-24(31)30-29-15-18-6-5-7-21(14-18)34-27(32)26-25(28)22-8-3-4-9-23(22)35-26/h3-15,17H,16H2,1-2H3,(H,30,31). The molecule has 1 heterocycles. The first-order chi connectivity index (χ1) is 16.9. The molecular weight excluding hydrogens is 484 g/mol. The summed E-state index contributed by atoms with van der Waals surface area (Å²) in [7, 11) is 0. The molecule has 0 unspecified atom stereocenters. The SMILES string of the molecule is CC(C)c1ccc(OCC(=O)NN=Cc2cccc(OC(=O)c3sc4ccccc4c3Cl)c2)cc1. The van der Waals surface area contributed by atoms with Crippen molar-refractivity contribution in [1.82, 2.24) is 5.43 Å². The smallest absolute Gasteiger partial charge is 0.355 e. The molecule has 0 aliphatic heterocycles. The highest BCUT2D eigenvalue weighted by molar-refractivity contribution is 7.21. The summed E-state index contributed by atoms with van der Waals surface area (Å²) in [5.74, 6) is 0.458. The summed E-state index contributed by atoms with van der Waals surface area (Å²) >= 11 is 7.65. The molecule has 1 amide bonds. The van der Waals surface area contributed by atoms with Gasteiger partial charge >= 0.3 is 5.97 Å². The van der Waals surface area contributed by atoms with Crippen molar-refractivity contribution in [3.63, 3.8) is 0 Å². The molecule has 0 bridgehead atoms. The lowest BCUT2D eigenvalue weighted by Gasteiger charge is -2.08. The van der Waals surface area contributed by atoms with Crippen LogP contribution < -0.4 is 14.9 Å². The Morgan fingerprint density at radius 2 is 1.80 bits per heavy atom. The average molecular weight is 507 g/mol. The van der Waals surface area contributed by atoms with Crippen LogP contribution in [0.15, 0.2) is 77.9 Å². The van der Waals surface area contributed by atoms with Gasteiger partial charge in [0.1, 0.15) is 16.4 Å². The molecule has 6 nitrogen and oxygen atoms in total. The summed E-state index contributed by atoms with van der Waals surface area (Å²) in [6, 6.07) is 22.0. The van der Waals surface area contributed by atoms with Crippen molar-refractivity contribution >= 4 is 51.1 Å². The molecular formula is C27H23ClN2O4S. The maximum atomic E-state index is 12.7. The van der Waals surface area contributed by atoms with Gasteiger partial charge in [0.05, 0.1) is 11.2 Å². The van der Waals surface area contributed by atoms with Crippen molar-refractivity contribution in [1.29, 1.82) is 0 Å². The minimum absolute atomic E-state index is 0.161. The second-order valence-corrected chi connectivity index (χ2v) is 9.44. The van der Waals surface area contributed by atoms with Crippen LogP contribution in [-0.2, 0) is 4.79 Å². The van der Waals surface area contributed by atoms with Gasteiger partial charge in [-0.25, -0.2) is 10.2 Å². The molecule has 0 radical (unpaired) electrons. The molecule has 4 rings (SSSR count). The van der Waals surface area contributed by atoms with Crippen molar-refractivity contribution in [2.75, 3.05) is 6.61 Å². The zero-order chi connectivity index (χ0) is 24.8. The van der Waals surface area contributed by atoms with Crippen LogP contribution in [-0.4, -0.2) is 24.7 Å². The maximum absolute atomic E-state index is 12.7. The second kappa shape index (κ2) is 11.2. The van der Waals surface area contributed by atoms with Crippen LogP contribution in [0.5, 0.6) is 11.5 Å². The first kappa shape index (κ1) is 24.4.